The average Bonchev–Trinajstić information content (AvgIpc) is 3.02. The molecule has 0 aromatic carbocycles. The molecular formula is C18H25N5O2. The Bertz CT molecular complexity index is 781. The van der Waals surface area contributed by atoms with Crippen LogP contribution in [0.4, 0.5) is 0 Å². The molecule has 1 spiro atoms. The highest BCUT2D eigenvalue weighted by molar-refractivity contribution is 5.96. The van der Waals surface area contributed by atoms with E-state index in [1.165, 1.54) is 19.3 Å². The fourth-order valence-corrected chi connectivity index (χ4v) is 4.56. The summed E-state index contributed by atoms with van der Waals surface area (Å²) in [7, 11) is 1.79. The van der Waals surface area contributed by atoms with Crippen molar-refractivity contribution in [2.45, 2.75) is 57.6 Å². The molecule has 0 aliphatic heterocycles. The first-order valence-corrected chi connectivity index (χ1v) is 9.22. The van der Waals surface area contributed by atoms with Gasteiger partial charge in [-0.05, 0) is 32.3 Å². The van der Waals surface area contributed by atoms with Crippen molar-refractivity contribution >= 4 is 17.1 Å². The lowest BCUT2D eigenvalue weighted by atomic mass is 9.55. The van der Waals surface area contributed by atoms with Crippen LogP contribution in [0, 0.1) is 5.41 Å². The topological polar surface area (TPSA) is 81.9 Å². The Morgan fingerprint density at radius 2 is 2.20 bits per heavy atom. The van der Waals surface area contributed by atoms with Crippen LogP contribution < -0.4 is 5.32 Å². The Morgan fingerprint density at radius 3 is 2.96 bits per heavy atom. The zero-order chi connectivity index (χ0) is 17.4. The number of fused-ring (bicyclic) bond motifs is 1. The minimum Gasteiger partial charge on any atom is -0.378 e. The number of ether oxygens (including phenoxy) is 1. The highest BCUT2D eigenvalue weighted by Gasteiger charge is 2.56. The number of aryl methyl sites for hydroxylation is 1. The maximum Gasteiger partial charge on any atom is 0.253 e. The lowest BCUT2D eigenvalue weighted by molar-refractivity contribution is -0.146. The van der Waals surface area contributed by atoms with Gasteiger partial charge in [0.15, 0.2) is 5.65 Å². The second kappa shape index (κ2) is 6.37. The zero-order valence-corrected chi connectivity index (χ0v) is 14.9. The van der Waals surface area contributed by atoms with Crippen LogP contribution in [0.5, 0.6) is 0 Å². The van der Waals surface area contributed by atoms with Gasteiger partial charge in [0.05, 0.1) is 11.7 Å². The largest absolute Gasteiger partial charge is 0.378 e. The van der Waals surface area contributed by atoms with Gasteiger partial charge in [-0.3, -0.25) is 4.79 Å². The van der Waals surface area contributed by atoms with Crippen LogP contribution in [0.15, 0.2) is 12.3 Å². The molecule has 2 aliphatic rings. The Labute approximate surface area is 147 Å². The standard InChI is InChI=1S/C18H25N5O2/c1-3-25-15-10-14(18(15)7-5-4-6-8-18)20-17(24)12-9-13-16(19-11-12)23(2)22-21-13/h9,11,14-15H,3-8,10H2,1-2H3,(H,20,24)/t14-,15-/m0/s1. The predicted octanol–water partition coefficient (Wildman–Crippen LogP) is 2.22. The number of hydrogen-bond acceptors (Lipinski definition) is 5. The predicted molar refractivity (Wildman–Crippen MR) is 93.1 cm³/mol. The Morgan fingerprint density at radius 1 is 1.40 bits per heavy atom. The van der Waals surface area contributed by atoms with Gasteiger partial charge in [0.1, 0.15) is 5.52 Å². The number of nitrogens with zero attached hydrogens (tertiary/aromatic N) is 4. The van der Waals surface area contributed by atoms with Gasteiger partial charge < -0.3 is 10.1 Å². The van der Waals surface area contributed by atoms with Crippen molar-refractivity contribution in [2.24, 2.45) is 12.5 Å². The molecule has 0 saturated heterocycles. The van der Waals surface area contributed by atoms with E-state index >= 15 is 0 Å². The summed E-state index contributed by atoms with van der Waals surface area (Å²) in [5.41, 5.74) is 1.98. The maximum absolute atomic E-state index is 12.7. The number of carbonyl (C=O) groups is 1. The molecule has 0 unspecified atom stereocenters. The first-order chi connectivity index (χ1) is 12.1. The van der Waals surface area contributed by atoms with E-state index in [4.69, 9.17) is 4.74 Å². The quantitative estimate of drug-likeness (QED) is 0.920. The Balaban J connectivity index is 1.51. The molecule has 2 aromatic rings. The molecular weight excluding hydrogens is 318 g/mol. The van der Waals surface area contributed by atoms with Gasteiger partial charge in [-0.1, -0.05) is 24.5 Å². The van der Waals surface area contributed by atoms with Crippen LogP contribution in [-0.2, 0) is 11.8 Å². The second-order valence-electron chi connectivity index (χ2n) is 7.28. The van der Waals surface area contributed by atoms with Gasteiger partial charge in [0.25, 0.3) is 5.91 Å². The van der Waals surface area contributed by atoms with Crippen molar-refractivity contribution in [1.82, 2.24) is 25.3 Å². The van der Waals surface area contributed by atoms with Crippen molar-refractivity contribution in [3.05, 3.63) is 17.8 Å². The Hall–Kier alpha value is -2.02. The molecule has 25 heavy (non-hydrogen) atoms. The summed E-state index contributed by atoms with van der Waals surface area (Å²) in [4.78, 5) is 17.1. The second-order valence-corrected chi connectivity index (χ2v) is 7.28. The van der Waals surface area contributed by atoms with E-state index < -0.39 is 0 Å². The van der Waals surface area contributed by atoms with Crippen LogP contribution >= 0.6 is 0 Å². The maximum atomic E-state index is 12.7. The zero-order valence-electron chi connectivity index (χ0n) is 14.9. The normalized spacial score (nSPS) is 25.0. The molecule has 2 saturated carbocycles. The lowest BCUT2D eigenvalue weighted by Gasteiger charge is -2.57. The van der Waals surface area contributed by atoms with Gasteiger partial charge in [0, 0.05) is 31.3 Å². The summed E-state index contributed by atoms with van der Waals surface area (Å²) < 4.78 is 7.57. The molecule has 7 heteroatoms. The van der Waals surface area contributed by atoms with E-state index in [0.29, 0.717) is 16.7 Å². The van der Waals surface area contributed by atoms with Crippen LogP contribution in [0.2, 0.25) is 0 Å². The van der Waals surface area contributed by atoms with Crippen LogP contribution in [0.1, 0.15) is 55.8 Å². The fourth-order valence-electron chi connectivity index (χ4n) is 4.56. The highest BCUT2D eigenvalue weighted by atomic mass is 16.5. The molecule has 2 aliphatic carbocycles. The molecule has 7 nitrogen and oxygen atoms in total. The van der Waals surface area contributed by atoms with Crippen molar-refractivity contribution in [2.75, 3.05) is 6.61 Å². The minimum atomic E-state index is -0.0787. The van der Waals surface area contributed by atoms with E-state index in [0.717, 1.165) is 25.9 Å². The third-order valence-electron chi connectivity index (χ3n) is 5.95. The first-order valence-electron chi connectivity index (χ1n) is 9.22. The van der Waals surface area contributed by atoms with Crippen LogP contribution in [0.3, 0.4) is 0 Å². The van der Waals surface area contributed by atoms with E-state index in [9.17, 15) is 4.79 Å². The molecule has 0 radical (unpaired) electrons. The first kappa shape index (κ1) is 16.4. The van der Waals surface area contributed by atoms with E-state index in [-0.39, 0.29) is 23.5 Å². The molecule has 2 heterocycles. The van der Waals surface area contributed by atoms with Crippen molar-refractivity contribution in [3.8, 4) is 0 Å². The molecule has 134 valence electrons. The summed E-state index contributed by atoms with van der Waals surface area (Å²) in [6.45, 7) is 2.78. The van der Waals surface area contributed by atoms with Crippen molar-refractivity contribution < 1.29 is 9.53 Å². The molecule has 4 rings (SSSR count). The van der Waals surface area contributed by atoms with E-state index in [1.807, 2.05) is 6.92 Å². The Kier molecular flexibility index (Phi) is 4.19. The van der Waals surface area contributed by atoms with E-state index in [1.54, 1.807) is 24.0 Å². The monoisotopic (exact) mass is 343 g/mol. The van der Waals surface area contributed by atoms with Gasteiger partial charge in [-0.2, -0.15) is 0 Å². The number of pyridine rings is 1. The van der Waals surface area contributed by atoms with Crippen LogP contribution in [0.25, 0.3) is 11.2 Å². The lowest BCUT2D eigenvalue weighted by Crippen LogP contribution is -2.65. The molecule has 2 aromatic heterocycles. The molecule has 2 atom stereocenters. The SMILES string of the molecule is CCO[C@H]1C[C@H](NC(=O)c2cnc3c(c2)nnn3C)C12CCCCC2. The summed E-state index contributed by atoms with van der Waals surface area (Å²) >= 11 is 0. The van der Waals surface area contributed by atoms with E-state index in [2.05, 4.69) is 20.6 Å². The highest BCUT2D eigenvalue weighted by Crippen LogP contribution is 2.53. The number of amides is 1. The minimum absolute atomic E-state index is 0.0787. The smallest absolute Gasteiger partial charge is 0.253 e. The van der Waals surface area contributed by atoms with Gasteiger partial charge in [0.2, 0.25) is 0 Å². The third-order valence-corrected chi connectivity index (χ3v) is 5.95. The molecule has 1 N–H and O–H groups in total. The summed E-state index contributed by atoms with van der Waals surface area (Å²) in [5.74, 6) is -0.0787. The summed E-state index contributed by atoms with van der Waals surface area (Å²) in [6.07, 6.45) is 8.81. The molecule has 1 amide bonds. The summed E-state index contributed by atoms with van der Waals surface area (Å²) in [6, 6.07) is 1.95. The van der Waals surface area contributed by atoms with Gasteiger partial charge in [-0.25, -0.2) is 9.67 Å². The van der Waals surface area contributed by atoms with Gasteiger partial charge in [-0.15, -0.1) is 5.10 Å². The number of aromatic nitrogens is 4. The number of hydrogen-bond donors (Lipinski definition) is 1. The molecule has 2 fully saturated rings. The van der Waals surface area contributed by atoms with Crippen molar-refractivity contribution in [1.29, 1.82) is 0 Å². The molecule has 0 bridgehead atoms. The summed E-state index contributed by atoms with van der Waals surface area (Å²) in [5, 5.41) is 11.2. The number of carbonyl (C=O) groups excluding carboxylic acids is 1. The van der Waals surface area contributed by atoms with Gasteiger partial charge >= 0.3 is 0 Å². The average molecular weight is 343 g/mol. The fraction of sp³-hybridized carbons (Fsp3) is 0.667. The number of nitrogens with one attached hydrogen (secondary N) is 1. The number of rotatable bonds is 4. The van der Waals surface area contributed by atoms with Crippen molar-refractivity contribution in [3.63, 3.8) is 0 Å². The van der Waals surface area contributed by atoms with Crippen LogP contribution in [-0.4, -0.2) is 44.6 Å². The third kappa shape index (κ3) is 2.70.